The van der Waals surface area contributed by atoms with E-state index >= 15 is 0 Å². The molecule has 1 N–H and O–H groups in total. The van der Waals surface area contributed by atoms with Crippen LogP contribution in [0.5, 0.6) is 0 Å². The molecule has 3 rings (SSSR count). The van der Waals surface area contributed by atoms with Crippen molar-refractivity contribution in [2.24, 2.45) is 0 Å². The highest BCUT2D eigenvalue weighted by Crippen LogP contribution is 2.34. The smallest absolute Gasteiger partial charge is 0.272 e. The molecule has 0 spiro atoms. The summed E-state index contributed by atoms with van der Waals surface area (Å²) in [6.07, 6.45) is 4.23. The Bertz CT molecular complexity index is 642. The zero-order valence-corrected chi connectivity index (χ0v) is 12.4. The molecule has 1 aliphatic carbocycles. The quantitative estimate of drug-likeness (QED) is 0.690. The van der Waals surface area contributed by atoms with Crippen molar-refractivity contribution in [3.05, 3.63) is 61.3 Å². The lowest BCUT2D eigenvalue weighted by atomic mass is 9.98. The fraction of sp³-hybridized carbons (Fsp3) is 0.375. The third kappa shape index (κ3) is 2.99. The summed E-state index contributed by atoms with van der Waals surface area (Å²) in [4.78, 5) is 12.9. The minimum absolute atomic E-state index is 0.0814. The van der Waals surface area contributed by atoms with Crippen molar-refractivity contribution < 1.29 is 10.0 Å². The van der Waals surface area contributed by atoms with E-state index in [1.54, 1.807) is 29.5 Å². The molecule has 1 aromatic carbocycles. The van der Waals surface area contributed by atoms with Crippen molar-refractivity contribution in [3.63, 3.8) is 0 Å². The number of rotatable bonds is 4. The third-order valence-electron chi connectivity index (χ3n) is 3.95. The van der Waals surface area contributed by atoms with Crippen molar-refractivity contribution in [3.8, 4) is 0 Å². The molecule has 110 valence electrons. The number of aliphatic hydroxyl groups is 1. The van der Waals surface area contributed by atoms with Gasteiger partial charge in [-0.1, -0.05) is 18.2 Å². The normalized spacial score (nSPS) is 15.5. The topological polar surface area (TPSA) is 63.4 Å². The van der Waals surface area contributed by atoms with Crippen molar-refractivity contribution in [2.45, 2.75) is 38.2 Å². The highest BCUT2D eigenvalue weighted by Gasteiger charge is 2.21. The van der Waals surface area contributed by atoms with Gasteiger partial charge in [-0.15, -0.1) is 11.3 Å². The average molecular weight is 303 g/mol. The van der Waals surface area contributed by atoms with Gasteiger partial charge in [0.05, 0.1) is 11.0 Å². The number of hydrogen-bond acceptors (Lipinski definition) is 4. The van der Waals surface area contributed by atoms with Crippen LogP contribution in [-0.2, 0) is 19.3 Å². The van der Waals surface area contributed by atoms with Gasteiger partial charge in [-0.25, -0.2) is 0 Å². The van der Waals surface area contributed by atoms with Gasteiger partial charge in [-0.3, -0.25) is 10.1 Å². The van der Waals surface area contributed by atoms with Crippen LogP contribution in [0, 0.1) is 10.1 Å². The molecule has 0 amide bonds. The van der Waals surface area contributed by atoms with Crippen molar-refractivity contribution >= 4 is 17.0 Å². The number of fused-ring (bicyclic) bond motifs is 1. The average Bonchev–Trinajstić information content (AvgIpc) is 2.91. The fourth-order valence-corrected chi connectivity index (χ4v) is 4.09. The first-order chi connectivity index (χ1) is 10.1. The molecular formula is C16H17NO3S. The molecule has 1 atom stereocenters. The van der Waals surface area contributed by atoms with Gasteiger partial charge >= 0.3 is 0 Å². The molecule has 2 aromatic rings. The summed E-state index contributed by atoms with van der Waals surface area (Å²) in [5.74, 6) is 0. The van der Waals surface area contributed by atoms with Crippen LogP contribution >= 0.6 is 11.3 Å². The second-order valence-electron chi connectivity index (χ2n) is 5.41. The lowest BCUT2D eigenvalue weighted by molar-refractivity contribution is -0.385. The minimum atomic E-state index is -0.665. The van der Waals surface area contributed by atoms with Gasteiger partial charge in [0, 0.05) is 27.8 Å². The van der Waals surface area contributed by atoms with Gasteiger partial charge in [0.15, 0.2) is 0 Å². The Morgan fingerprint density at radius 3 is 2.81 bits per heavy atom. The van der Waals surface area contributed by atoms with Crippen LogP contribution in [0.2, 0.25) is 0 Å². The summed E-state index contributed by atoms with van der Waals surface area (Å²) in [6, 6.07) is 8.71. The van der Waals surface area contributed by atoms with Crippen LogP contribution < -0.4 is 0 Å². The van der Waals surface area contributed by atoms with E-state index < -0.39 is 6.10 Å². The predicted octanol–water partition coefficient (Wildman–Crippen LogP) is 3.81. The van der Waals surface area contributed by atoms with Gasteiger partial charge in [-0.05, 0) is 37.3 Å². The van der Waals surface area contributed by atoms with E-state index in [0.717, 1.165) is 17.7 Å². The molecule has 0 bridgehead atoms. The standard InChI is InChI=1S/C16H17NO3S/c18-14(9-11-5-1-3-7-13(11)17(19)20)16-10-12-6-2-4-8-15(12)21-16/h1,3,5,7,10,14,18H,2,4,6,8-9H2. The molecule has 5 heteroatoms. The summed E-state index contributed by atoms with van der Waals surface area (Å²) >= 11 is 1.66. The highest BCUT2D eigenvalue weighted by atomic mass is 32.1. The number of aryl methyl sites for hydroxylation is 2. The van der Waals surface area contributed by atoms with E-state index in [9.17, 15) is 15.2 Å². The number of thiophene rings is 1. The lowest BCUT2D eigenvalue weighted by Crippen LogP contribution is -2.03. The highest BCUT2D eigenvalue weighted by molar-refractivity contribution is 7.12. The molecule has 0 saturated heterocycles. The second kappa shape index (κ2) is 5.95. The van der Waals surface area contributed by atoms with Gasteiger partial charge in [0.1, 0.15) is 0 Å². The van der Waals surface area contributed by atoms with Crippen molar-refractivity contribution in [1.29, 1.82) is 0 Å². The molecule has 0 saturated carbocycles. The summed E-state index contributed by atoms with van der Waals surface area (Å²) in [5, 5.41) is 21.4. The Balaban J connectivity index is 1.82. The van der Waals surface area contributed by atoms with Crippen LogP contribution in [-0.4, -0.2) is 10.0 Å². The Kier molecular flexibility index (Phi) is 4.03. The Labute approximate surface area is 127 Å². The first-order valence-corrected chi connectivity index (χ1v) is 7.98. The maximum absolute atomic E-state index is 11.0. The number of aliphatic hydroxyl groups excluding tert-OH is 1. The molecule has 1 aliphatic rings. The molecule has 0 fully saturated rings. The minimum Gasteiger partial charge on any atom is -0.387 e. The second-order valence-corrected chi connectivity index (χ2v) is 6.58. The van der Waals surface area contributed by atoms with E-state index in [1.807, 2.05) is 0 Å². The van der Waals surface area contributed by atoms with Gasteiger partial charge < -0.3 is 5.11 Å². The van der Waals surface area contributed by atoms with Crippen LogP contribution in [0.25, 0.3) is 0 Å². The number of nitro groups is 1. The molecule has 1 unspecified atom stereocenters. The molecule has 21 heavy (non-hydrogen) atoms. The summed E-state index contributed by atoms with van der Waals surface area (Å²) in [7, 11) is 0. The van der Waals surface area contributed by atoms with E-state index in [-0.39, 0.29) is 17.0 Å². The van der Waals surface area contributed by atoms with E-state index in [0.29, 0.717) is 5.56 Å². The first-order valence-electron chi connectivity index (χ1n) is 7.17. The monoisotopic (exact) mass is 303 g/mol. The van der Waals surface area contributed by atoms with Gasteiger partial charge in [-0.2, -0.15) is 0 Å². The summed E-state index contributed by atoms with van der Waals surface area (Å²) < 4.78 is 0. The fourth-order valence-electron chi connectivity index (χ4n) is 2.85. The Hall–Kier alpha value is -1.72. The number of benzene rings is 1. The van der Waals surface area contributed by atoms with E-state index in [2.05, 4.69) is 6.07 Å². The number of para-hydroxylation sites is 1. The number of nitrogens with zero attached hydrogens (tertiary/aromatic N) is 1. The molecule has 0 aliphatic heterocycles. The predicted molar refractivity (Wildman–Crippen MR) is 82.7 cm³/mol. The molecule has 4 nitrogen and oxygen atoms in total. The van der Waals surface area contributed by atoms with Crippen molar-refractivity contribution in [2.75, 3.05) is 0 Å². The van der Waals surface area contributed by atoms with E-state index in [4.69, 9.17) is 0 Å². The zero-order chi connectivity index (χ0) is 14.8. The number of hydrogen-bond donors (Lipinski definition) is 1. The summed E-state index contributed by atoms with van der Waals surface area (Å²) in [5.41, 5.74) is 2.02. The Morgan fingerprint density at radius 2 is 2.05 bits per heavy atom. The van der Waals surface area contributed by atoms with Gasteiger partial charge in [0.25, 0.3) is 5.69 Å². The number of nitro benzene ring substituents is 1. The van der Waals surface area contributed by atoms with Crippen LogP contribution in [0.15, 0.2) is 30.3 Å². The third-order valence-corrected chi connectivity index (χ3v) is 5.28. The van der Waals surface area contributed by atoms with Crippen molar-refractivity contribution in [1.82, 2.24) is 0 Å². The van der Waals surface area contributed by atoms with Crippen LogP contribution in [0.1, 0.15) is 39.8 Å². The van der Waals surface area contributed by atoms with Crippen LogP contribution in [0.3, 0.4) is 0 Å². The largest absolute Gasteiger partial charge is 0.387 e. The maximum atomic E-state index is 11.0. The van der Waals surface area contributed by atoms with Crippen LogP contribution in [0.4, 0.5) is 5.69 Å². The zero-order valence-electron chi connectivity index (χ0n) is 11.6. The Morgan fingerprint density at radius 1 is 1.29 bits per heavy atom. The summed E-state index contributed by atoms with van der Waals surface area (Å²) in [6.45, 7) is 0. The molecule has 0 radical (unpaired) electrons. The SMILES string of the molecule is O=[N+]([O-])c1ccccc1CC(O)c1cc2c(s1)CCCC2. The maximum Gasteiger partial charge on any atom is 0.272 e. The van der Waals surface area contributed by atoms with E-state index in [1.165, 1.54) is 29.3 Å². The first kappa shape index (κ1) is 14.2. The lowest BCUT2D eigenvalue weighted by Gasteiger charge is -2.08. The molecule has 1 heterocycles. The molecule has 1 aromatic heterocycles. The molecular weight excluding hydrogens is 286 g/mol. The van der Waals surface area contributed by atoms with Gasteiger partial charge in [0.2, 0.25) is 0 Å².